The van der Waals surface area contributed by atoms with Crippen molar-refractivity contribution in [2.24, 2.45) is 0 Å². The molecule has 2 rings (SSSR count). The molecule has 1 aliphatic rings. The number of sulfone groups is 1. The molecule has 1 aliphatic heterocycles. The molecule has 0 bridgehead atoms. The zero-order valence-electron chi connectivity index (χ0n) is 17.1. The second kappa shape index (κ2) is 12.4. The van der Waals surface area contributed by atoms with E-state index in [1.165, 1.54) is 18.2 Å². The molecule has 13 nitrogen and oxygen atoms in total. The highest BCUT2D eigenvalue weighted by atomic mass is 32.2. The zero-order valence-corrected chi connectivity index (χ0v) is 18.0. The fourth-order valence-corrected chi connectivity index (χ4v) is 4.03. The SMILES string of the molecule is O=C(CCCS(=O)(=O)CCCC(=O)ON1OCCO1)OCc1ccc(CO)c([N+](=O)[O-])c1. The van der Waals surface area contributed by atoms with Crippen molar-refractivity contribution in [1.82, 2.24) is 5.39 Å². The molecule has 1 aromatic carbocycles. The van der Waals surface area contributed by atoms with E-state index in [2.05, 4.69) is 4.84 Å². The standard InChI is InChI=1S/C18H24N2O11S/c21-12-15-6-5-14(11-16(15)19(24)25)13-28-17(22)3-1-9-32(26,27)10-2-4-18(23)31-20-29-7-8-30-20/h5-6,11,21H,1-4,7-10,12-13H2. The predicted octanol–water partition coefficient (Wildman–Crippen LogP) is 0.743. The van der Waals surface area contributed by atoms with Crippen LogP contribution in [0.1, 0.15) is 36.8 Å². The molecule has 1 fully saturated rings. The number of aliphatic hydroxyl groups is 1. The molecule has 14 heteroatoms. The molecule has 0 saturated carbocycles. The number of ether oxygens (including phenoxy) is 1. The number of hydrogen-bond donors (Lipinski definition) is 1. The van der Waals surface area contributed by atoms with Crippen molar-refractivity contribution in [2.45, 2.75) is 38.9 Å². The van der Waals surface area contributed by atoms with Crippen molar-refractivity contribution >= 4 is 27.5 Å². The van der Waals surface area contributed by atoms with Crippen LogP contribution in [0.15, 0.2) is 18.2 Å². The highest BCUT2D eigenvalue weighted by Gasteiger charge is 2.20. The molecule has 0 spiro atoms. The van der Waals surface area contributed by atoms with Crippen molar-refractivity contribution in [3.05, 3.63) is 39.4 Å². The third-order valence-electron chi connectivity index (χ3n) is 4.24. The molecule has 1 saturated heterocycles. The summed E-state index contributed by atoms with van der Waals surface area (Å²) in [5.41, 5.74) is 0.226. The number of nitrogens with zero attached hydrogens (tertiary/aromatic N) is 2. The quantitative estimate of drug-likeness (QED) is 0.241. The first kappa shape index (κ1) is 25.6. The topological polar surface area (TPSA) is 172 Å². The molecule has 0 atom stereocenters. The number of benzene rings is 1. The smallest absolute Gasteiger partial charge is 0.330 e. The molecule has 178 valence electrons. The van der Waals surface area contributed by atoms with E-state index in [1.807, 2.05) is 0 Å². The average Bonchev–Trinajstić information content (AvgIpc) is 3.24. The Bertz CT molecular complexity index is 914. The van der Waals surface area contributed by atoms with E-state index in [0.717, 1.165) is 0 Å². The molecule has 1 N–H and O–H groups in total. The van der Waals surface area contributed by atoms with E-state index < -0.39 is 33.3 Å². The lowest BCUT2D eigenvalue weighted by molar-refractivity contribution is -0.460. The maximum absolute atomic E-state index is 12.0. The van der Waals surface area contributed by atoms with E-state index in [4.69, 9.17) is 19.5 Å². The number of rotatable bonds is 13. The van der Waals surface area contributed by atoms with E-state index >= 15 is 0 Å². The first-order valence-electron chi connectivity index (χ1n) is 9.70. The fraction of sp³-hybridized carbons (Fsp3) is 0.556. The lowest BCUT2D eigenvalue weighted by Crippen LogP contribution is -2.22. The van der Waals surface area contributed by atoms with Gasteiger partial charge in [-0.15, -0.1) is 0 Å². The van der Waals surface area contributed by atoms with E-state index in [9.17, 15) is 28.1 Å². The van der Waals surface area contributed by atoms with Gasteiger partial charge < -0.3 is 14.7 Å². The largest absolute Gasteiger partial charge is 0.461 e. The highest BCUT2D eigenvalue weighted by Crippen LogP contribution is 2.21. The molecule has 0 aromatic heterocycles. The maximum atomic E-state index is 12.0. The number of nitro benzene ring substituents is 1. The Morgan fingerprint density at radius 1 is 1.12 bits per heavy atom. The molecule has 1 aromatic rings. The number of esters is 1. The van der Waals surface area contributed by atoms with Crippen molar-refractivity contribution in [2.75, 3.05) is 24.7 Å². The monoisotopic (exact) mass is 476 g/mol. The third kappa shape index (κ3) is 8.84. The number of carbonyl (C=O) groups is 2. The molecule has 0 radical (unpaired) electrons. The highest BCUT2D eigenvalue weighted by molar-refractivity contribution is 7.91. The van der Waals surface area contributed by atoms with Crippen LogP contribution < -0.4 is 0 Å². The minimum absolute atomic E-state index is 0.0324. The number of carbonyl (C=O) groups excluding carboxylic acids is 2. The van der Waals surface area contributed by atoms with Gasteiger partial charge in [0.1, 0.15) is 35.0 Å². The zero-order chi connectivity index (χ0) is 23.6. The van der Waals surface area contributed by atoms with E-state index in [0.29, 0.717) is 11.0 Å². The average molecular weight is 476 g/mol. The summed E-state index contributed by atoms with van der Waals surface area (Å²) in [5.74, 6) is -1.85. The van der Waals surface area contributed by atoms with Gasteiger partial charge in [0.15, 0.2) is 0 Å². The second-order valence-corrected chi connectivity index (χ2v) is 9.05. The molecule has 0 aliphatic carbocycles. The van der Waals surface area contributed by atoms with Crippen LogP contribution in [-0.2, 0) is 51.9 Å². The van der Waals surface area contributed by atoms with Gasteiger partial charge in [-0.1, -0.05) is 6.07 Å². The minimum Gasteiger partial charge on any atom is -0.461 e. The van der Waals surface area contributed by atoms with Gasteiger partial charge >= 0.3 is 11.9 Å². The Morgan fingerprint density at radius 3 is 2.34 bits per heavy atom. The first-order valence-corrected chi connectivity index (χ1v) is 11.5. The van der Waals surface area contributed by atoms with Gasteiger partial charge in [-0.25, -0.2) is 18.1 Å². The van der Waals surface area contributed by atoms with Crippen LogP contribution in [0, 0.1) is 10.1 Å². The molecule has 0 unspecified atom stereocenters. The summed E-state index contributed by atoms with van der Waals surface area (Å²) in [6.45, 7) is -0.210. The van der Waals surface area contributed by atoms with Gasteiger partial charge in [0.05, 0.1) is 28.6 Å². The van der Waals surface area contributed by atoms with Crippen molar-refractivity contribution in [3.63, 3.8) is 0 Å². The van der Waals surface area contributed by atoms with E-state index in [-0.39, 0.29) is 68.3 Å². The summed E-state index contributed by atoms with van der Waals surface area (Å²) >= 11 is 0. The predicted molar refractivity (Wildman–Crippen MR) is 106 cm³/mol. The first-order chi connectivity index (χ1) is 15.2. The minimum atomic E-state index is -3.48. The summed E-state index contributed by atoms with van der Waals surface area (Å²) in [5, 5.41) is 20.7. The lowest BCUT2D eigenvalue weighted by Gasteiger charge is -2.10. The molecular weight excluding hydrogens is 452 g/mol. The Labute approximate surface area is 183 Å². The normalized spacial score (nSPS) is 14.3. The maximum Gasteiger partial charge on any atom is 0.330 e. The van der Waals surface area contributed by atoms with Crippen molar-refractivity contribution < 1.29 is 47.3 Å². The Hall–Kier alpha value is -2.65. The van der Waals surface area contributed by atoms with Gasteiger partial charge in [-0.05, 0) is 24.5 Å². The summed E-state index contributed by atoms with van der Waals surface area (Å²) in [6.07, 6.45) is -0.222. The van der Waals surface area contributed by atoms with Crippen LogP contribution in [0.25, 0.3) is 0 Å². The number of nitro groups is 1. The van der Waals surface area contributed by atoms with Crippen LogP contribution in [-0.4, -0.2) is 60.5 Å². The summed E-state index contributed by atoms with van der Waals surface area (Å²) in [6, 6.07) is 4.06. The molecular formula is C18H24N2O11S. The number of aliphatic hydroxyl groups excluding tert-OH is 1. The Balaban J connectivity index is 1.65. The van der Waals surface area contributed by atoms with Crippen LogP contribution in [0.3, 0.4) is 0 Å². The van der Waals surface area contributed by atoms with Crippen molar-refractivity contribution in [3.8, 4) is 0 Å². The van der Waals surface area contributed by atoms with Crippen LogP contribution >= 0.6 is 0 Å². The van der Waals surface area contributed by atoms with Crippen LogP contribution in [0.2, 0.25) is 0 Å². The Morgan fingerprint density at radius 2 is 1.75 bits per heavy atom. The summed E-state index contributed by atoms with van der Waals surface area (Å²) < 4.78 is 29.1. The molecule has 32 heavy (non-hydrogen) atoms. The van der Waals surface area contributed by atoms with Gasteiger partial charge in [0.2, 0.25) is 0 Å². The summed E-state index contributed by atoms with van der Waals surface area (Å²) in [7, 11) is -3.48. The molecule has 0 amide bonds. The van der Waals surface area contributed by atoms with Crippen LogP contribution in [0.5, 0.6) is 0 Å². The third-order valence-corrected chi connectivity index (χ3v) is 6.06. The Kier molecular flexibility index (Phi) is 9.93. The van der Waals surface area contributed by atoms with Gasteiger partial charge in [-0.3, -0.25) is 19.7 Å². The summed E-state index contributed by atoms with van der Waals surface area (Å²) in [4.78, 5) is 48.0. The van der Waals surface area contributed by atoms with Gasteiger partial charge in [-0.2, -0.15) is 0 Å². The lowest BCUT2D eigenvalue weighted by atomic mass is 10.1. The molecule has 1 heterocycles. The van der Waals surface area contributed by atoms with Crippen molar-refractivity contribution in [1.29, 1.82) is 0 Å². The van der Waals surface area contributed by atoms with Gasteiger partial charge in [0.25, 0.3) is 5.69 Å². The van der Waals surface area contributed by atoms with E-state index in [1.54, 1.807) is 0 Å². The van der Waals surface area contributed by atoms with Gasteiger partial charge in [0, 0.05) is 18.9 Å². The second-order valence-electron chi connectivity index (χ2n) is 6.75. The number of hydrogen-bond acceptors (Lipinski definition) is 12. The van der Waals surface area contributed by atoms with Crippen LogP contribution in [0.4, 0.5) is 5.69 Å². The fourth-order valence-electron chi connectivity index (χ4n) is 2.66.